The molecule has 0 N–H and O–H groups in total. The van der Waals surface area contributed by atoms with Crippen LogP contribution in [0, 0.1) is 5.92 Å². The van der Waals surface area contributed by atoms with Crippen molar-refractivity contribution in [3.8, 4) is 0 Å². The number of aromatic nitrogens is 2. The molecule has 0 amide bonds. The molecule has 2 nitrogen and oxygen atoms in total. The Balaban J connectivity index is 1.97. The Bertz CT molecular complexity index is 287. The van der Waals surface area contributed by atoms with Crippen LogP contribution in [-0.4, -0.2) is 26.7 Å². The standard InChI is InChI=1S/C9H13ClN2S/c1-12-4-7(3-11-12)2-8-5-13-6-9(8)10/h3-4,8-9H,2,5-6H2,1H3. The summed E-state index contributed by atoms with van der Waals surface area (Å²) in [5, 5.41) is 4.50. The molecule has 0 aliphatic carbocycles. The molecule has 2 unspecified atom stereocenters. The van der Waals surface area contributed by atoms with Crippen molar-refractivity contribution >= 4 is 23.4 Å². The van der Waals surface area contributed by atoms with Crippen molar-refractivity contribution in [1.82, 2.24) is 9.78 Å². The molecule has 0 spiro atoms. The van der Waals surface area contributed by atoms with Gasteiger partial charge in [-0.05, 0) is 23.7 Å². The van der Waals surface area contributed by atoms with Gasteiger partial charge in [-0.25, -0.2) is 0 Å². The van der Waals surface area contributed by atoms with Crippen LogP contribution >= 0.6 is 23.4 Å². The highest BCUT2D eigenvalue weighted by molar-refractivity contribution is 7.99. The fourth-order valence-electron chi connectivity index (χ4n) is 1.64. The molecule has 4 heteroatoms. The van der Waals surface area contributed by atoms with Crippen LogP contribution in [0.4, 0.5) is 0 Å². The maximum absolute atomic E-state index is 6.19. The summed E-state index contributed by atoms with van der Waals surface area (Å²) in [7, 11) is 1.95. The monoisotopic (exact) mass is 216 g/mol. The van der Waals surface area contributed by atoms with Gasteiger partial charge in [-0.1, -0.05) is 0 Å². The van der Waals surface area contributed by atoms with Gasteiger partial charge >= 0.3 is 0 Å². The second kappa shape index (κ2) is 3.93. The molecule has 0 aromatic carbocycles. The molecule has 1 aliphatic rings. The molecule has 1 aromatic heterocycles. The van der Waals surface area contributed by atoms with E-state index < -0.39 is 0 Å². The Labute approximate surface area is 87.6 Å². The number of thioether (sulfide) groups is 1. The minimum atomic E-state index is 0.352. The average molecular weight is 217 g/mol. The normalized spacial score (nSPS) is 28.2. The summed E-state index contributed by atoms with van der Waals surface area (Å²) >= 11 is 8.14. The summed E-state index contributed by atoms with van der Waals surface area (Å²) in [5.41, 5.74) is 1.31. The molecule has 1 aromatic rings. The average Bonchev–Trinajstić information content (AvgIpc) is 2.64. The van der Waals surface area contributed by atoms with Gasteiger partial charge in [-0.2, -0.15) is 16.9 Å². The van der Waals surface area contributed by atoms with Gasteiger partial charge in [0.2, 0.25) is 0 Å². The number of hydrogen-bond acceptors (Lipinski definition) is 2. The smallest absolute Gasteiger partial charge is 0.0521 e. The van der Waals surface area contributed by atoms with Gasteiger partial charge < -0.3 is 0 Å². The summed E-state index contributed by atoms with van der Waals surface area (Å²) in [4.78, 5) is 0. The van der Waals surface area contributed by atoms with E-state index in [9.17, 15) is 0 Å². The van der Waals surface area contributed by atoms with Crippen LogP contribution in [0.25, 0.3) is 0 Å². The second-order valence-electron chi connectivity index (χ2n) is 3.54. The minimum Gasteiger partial charge on any atom is -0.276 e. The molecule has 2 rings (SSSR count). The van der Waals surface area contributed by atoms with Crippen molar-refractivity contribution in [2.75, 3.05) is 11.5 Å². The Morgan fingerprint density at radius 3 is 3.08 bits per heavy atom. The lowest BCUT2D eigenvalue weighted by Gasteiger charge is -2.10. The first-order valence-electron chi connectivity index (χ1n) is 4.45. The summed E-state index contributed by atoms with van der Waals surface area (Å²) in [6.07, 6.45) is 5.09. The molecule has 0 saturated carbocycles. The number of nitrogens with zero attached hydrogens (tertiary/aromatic N) is 2. The van der Waals surface area contributed by atoms with E-state index in [0.717, 1.165) is 12.2 Å². The fraction of sp³-hybridized carbons (Fsp3) is 0.667. The Kier molecular flexibility index (Phi) is 2.84. The zero-order chi connectivity index (χ0) is 9.26. The maximum Gasteiger partial charge on any atom is 0.0521 e. The van der Waals surface area contributed by atoms with Crippen molar-refractivity contribution in [2.45, 2.75) is 11.8 Å². The van der Waals surface area contributed by atoms with E-state index >= 15 is 0 Å². The maximum atomic E-state index is 6.19. The summed E-state index contributed by atoms with van der Waals surface area (Å²) in [6.45, 7) is 0. The van der Waals surface area contributed by atoms with Crippen molar-refractivity contribution < 1.29 is 0 Å². The van der Waals surface area contributed by atoms with Crippen molar-refractivity contribution in [2.24, 2.45) is 13.0 Å². The highest BCUT2D eigenvalue weighted by Gasteiger charge is 2.26. The van der Waals surface area contributed by atoms with Gasteiger partial charge in [-0.15, -0.1) is 11.6 Å². The lowest BCUT2D eigenvalue weighted by atomic mass is 10.0. The van der Waals surface area contributed by atoms with E-state index in [0.29, 0.717) is 11.3 Å². The van der Waals surface area contributed by atoms with E-state index in [1.165, 1.54) is 11.3 Å². The minimum absolute atomic E-state index is 0.352. The Morgan fingerprint density at radius 1 is 1.69 bits per heavy atom. The summed E-state index contributed by atoms with van der Waals surface area (Å²) in [5.74, 6) is 2.94. The lowest BCUT2D eigenvalue weighted by molar-refractivity contribution is 0.603. The van der Waals surface area contributed by atoms with Crippen LogP contribution in [0.3, 0.4) is 0 Å². The van der Waals surface area contributed by atoms with Crippen molar-refractivity contribution in [1.29, 1.82) is 0 Å². The van der Waals surface area contributed by atoms with Gasteiger partial charge in [0, 0.05) is 24.4 Å². The zero-order valence-corrected chi connectivity index (χ0v) is 9.18. The Hall–Kier alpha value is -0.150. The third-order valence-corrected chi connectivity index (χ3v) is 4.33. The number of hydrogen-bond donors (Lipinski definition) is 0. The highest BCUT2D eigenvalue weighted by atomic mass is 35.5. The number of alkyl halides is 1. The van der Waals surface area contributed by atoms with E-state index in [1.54, 1.807) is 0 Å². The molecule has 1 aliphatic heterocycles. The van der Waals surface area contributed by atoms with E-state index in [2.05, 4.69) is 11.3 Å². The first kappa shape index (κ1) is 9.41. The molecular weight excluding hydrogens is 204 g/mol. The topological polar surface area (TPSA) is 17.8 Å². The van der Waals surface area contributed by atoms with Crippen LogP contribution in [-0.2, 0) is 13.5 Å². The van der Waals surface area contributed by atoms with Crippen LogP contribution in [0.1, 0.15) is 5.56 Å². The van der Waals surface area contributed by atoms with Gasteiger partial charge in [0.1, 0.15) is 0 Å². The predicted octanol–water partition coefficient (Wildman–Crippen LogP) is 1.93. The number of aryl methyl sites for hydroxylation is 1. The van der Waals surface area contributed by atoms with Crippen LogP contribution in [0.15, 0.2) is 12.4 Å². The first-order chi connectivity index (χ1) is 6.25. The molecule has 0 radical (unpaired) electrons. The third kappa shape index (κ3) is 2.20. The van der Waals surface area contributed by atoms with Gasteiger partial charge in [-0.3, -0.25) is 4.68 Å². The quantitative estimate of drug-likeness (QED) is 0.704. The molecule has 2 atom stereocenters. The highest BCUT2D eigenvalue weighted by Crippen LogP contribution is 2.30. The molecule has 0 bridgehead atoms. The fourth-order valence-corrected chi connectivity index (χ4v) is 3.48. The SMILES string of the molecule is Cn1cc(CC2CSCC2Cl)cn1. The first-order valence-corrected chi connectivity index (χ1v) is 6.04. The molecule has 1 fully saturated rings. The number of rotatable bonds is 2. The van der Waals surface area contributed by atoms with E-state index in [1.807, 2.05) is 29.7 Å². The lowest BCUT2D eigenvalue weighted by Crippen LogP contribution is -2.14. The van der Waals surface area contributed by atoms with Crippen LogP contribution in [0.5, 0.6) is 0 Å². The number of halogens is 1. The van der Waals surface area contributed by atoms with Crippen molar-refractivity contribution in [3.05, 3.63) is 18.0 Å². The van der Waals surface area contributed by atoms with Gasteiger partial charge in [0.25, 0.3) is 0 Å². The van der Waals surface area contributed by atoms with Crippen LogP contribution in [0.2, 0.25) is 0 Å². The molecule has 2 heterocycles. The van der Waals surface area contributed by atoms with Gasteiger partial charge in [0.05, 0.1) is 6.20 Å². The molecule has 13 heavy (non-hydrogen) atoms. The summed E-state index contributed by atoms with van der Waals surface area (Å²) < 4.78 is 1.85. The molecular formula is C9H13ClN2S. The van der Waals surface area contributed by atoms with Gasteiger partial charge in [0.15, 0.2) is 0 Å². The predicted molar refractivity (Wildman–Crippen MR) is 57.4 cm³/mol. The third-order valence-electron chi connectivity index (χ3n) is 2.38. The zero-order valence-electron chi connectivity index (χ0n) is 7.61. The Morgan fingerprint density at radius 2 is 2.54 bits per heavy atom. The second-order valence-corrected chi connectivity index (χ2v) is 5.18. The largest absolute Gasteiger partial charge is 0.276 e. The van der Waals surface area contributed by atoms with Crippen molar-refractivity contribution in [3.63, 3.8) is 0 Å². The molecule has 72 valence electrons. The molecule has 1 saturated heterocycles. The van der Waals surface area contributed by atoms with E-state index in [4.69, 9.17) is 11.6 Å². The van der Waals surface area contributed by atoms with Crippen LogP contribution < -0.4 is 0 Å². The summed E-state index contributed by atoms with van der Waals surface area (Å²) in [6, 6.07) is 0. The van der Waals surface area contributed by atoms with E-state index in [-0.39, 0.29) is 0 Å².